The van der Waals surface area contributed by atoms with E-state index in [-0.39, 0.29) is 24.7 Å². The second-order valence-corrected chi connectivity index (χ2v) is 13.2. The fourth-order valence-electron chi connectivity index (χ4n) is 0.854. The maximum Gasteiger partial charge on any atom is 3.00 e. The van der Waals surface area contributed by atoms with Crippen LogP contribution in [0.5, 0.6) is 0 Å². The third-order valence-corrected chi connectivity index (χ3v) is 4.59. The molecule has 0 heterocycles. The van der Waals surface area contributed by atoms with Crippen molar-refractivity contribution in [2.45, 2.75) is 46.8 Å². The van der Waals surface area contributed by atoms with Gasteiger partial charge in [-0.3, -0.25) is 0 Å². The van der Waals surface area contributed by atoms with Crippen LogP contribution in [0.25, 0.3) is 0 Å². The first kappa shape index (κ1) is 25.9. The van der Waals surface area contributed by atoms with E-state index >= 15 is 0 Å². The molecule has 0 atom stereocenters. The minimum Gasteiger partial charge on any atom is -0.346 e. The molecule has 0 spiro atoms. The van der Waals surface area contributed by atoms with Gasteiger partial charge in [-0.15, -0.1) is 14.5 Å². The number of rotatable bonds is 4. The molecule has 0 fully saturated rings. The summed E-state index contributed by atoms with van der Waals surface area (Å²) in [5, 5.41) is 0. The fraction of sp³-hybridized carbons (Fsp3) is 0.769. The molecule has 3 heteroatoms. The van der Waals surface area contributed by atoms with Gasteiger partial charge in [-0.1, -0.05) is 19.6 Å². The standard InChI is InChI=1S/C7H16P.C4H11Si.C2H5.Co/c1-4-7-8(5-2)6-3;1-5(2,3)4;1-2;/h1,4-7H2,2-3H3;1H2,2-4H3;1H2,2H3;/q3*-1;+3/p+1. The van der Waals surface area contributed by atoms with Crippen molar-refractivity contribution < 1.29 is 16.8 Å². The van der Waals surface area contributed by atoms with E-state index in [0.717, 1.165) is 6.42 Å². The minimum atomic E-state index is -0.861. The summed E-state index contributed by atoms with van der Waals surface area (Å²) in [6, 6.07) is 0. The van der Waals surface area contributed by atoms with Gasteiger partial charge in [-0.2, -0.15) is 6.92 Å². The van der Waals surface area contributed by atoms with E-state index < -0.39 is 8.07 Å². The molecular weight excluding hydrogens is 274 g/mol. The first-order valence-electron chi connectivity index (χ1n) is 6.04. The van der Waals surface area contributed by atoms with E-state index in [1.807, 2.05) is 0 Å². The first-order valence-corrected chi connectivity index (χ1v) is 11.9. The smallest absolute Gasteiger partial charge is 0.346 e. The molecule has 0 aromatic heterocycles. The van der Waals surface area contributed by atoms with Crippen LogP contribution in [0.1, 0.15) is 27.2 Å². The minimum absolute atomic E-state index is 0. The van der Waals surface area contributed by atoms with E-state index in [1.165, 1.54) is 18.5 Å². The molecule has 0 rings (SSSR count). The molecule has 0 aliphatic heterocycles. The summed E-state index contributed by atoms with van der Waals surface area (Å²) >= 11 is 0. The fourth-order valence-corrected chi connectivity index (χ4v) is 2.56. The molecule has 0 unspecified atom stereocenters. The largest absolute Gasteiger partial charge is 3.00 e. The summed E-state index contributed by atoms with van der Waals surface area (Å²) in [6.45, 7) is 24.0. The quantitative estimate of drug-likeness (QED) is 0.389. The van der Waals surface area contributed by atoms with Gasteiger partial charge in [0.25, 0.3) is 0 Å². The predicted molar refractivity (Wildman–Crippen MR) is 84.0 cm³/mol. The number of hydrogen-bond acceptors (Lipinski definition) is 0. The van der Waals surface area contributed by atoms with E-state index in [9.17, 15) is 0 Å². The zero-order valence-corrected chi connectivity index (χ0v) is 15.3. The Labute approximate surface area is 118 Å². The molecule has 0 saturated heterocycles. The average Bonchev–Trinajstić information content (AvgIpc) is 2.15. The van der Waals surface area contributed by atoms with Crippen LogP contribution in [0.15, 0.2) is 0 Å². The summed E-state index contributed by atoms with van der Waals surface area (Å²) in [5.74, 6) is 0. The van der Waals surface area contributed by atoms with Gasteiger partial charge >= 0.3 is 16.8 Å². The van der Waals surface area contributed by atoms with Gasteiger partial charge in [0.05, 0.1) is 12.3 Å². The van der Waals surface area contributed by atoms with Crippen LogP contribution >= 0.6 is 7.92 Å². The second kappa shape index (κ2) is 18.5. The monoisotopic (exact) mass is 307 g/mol. The van der Waals surface area contributed by atoms with Crippen LogP contribution in [0.3, 0.4) is 0 Å². The van der Waals surface area contributed by atoms with Gasteiger partial charge < -0.3 is 20.4 Å². The first-order chi connectivity index (χ1) is 6.85. The van der Waals surface area contributed by atoms with Gasteiger partial charge in [0.1, 0.15) is 0 Å². The molecule has 0 amide bonds. The Kier molecular flexibility index (Phi) is 29.9. The van der Waals surface area contributed by atoms with Crippen LogP contribution in [0.2, 0.25) is 19.6 Å². The Hall–Kier alpha value is 1.15. The predicted octanol–water partition coefficient (Wildman–Crippen LogP) is 5.00. The van der Waals surface area contributed by atoms with Crippen LogP contribution in [-0.2, 0) is 16.8 Å². The number of hydrogen-bond donors (Lipinski definition) is 0. The van der Waals surface area contributed by atoms with E-state index in [4.69, 9.17) is 0 Å². The molecule has 16 heavy (non-hydrogen) atoms. The molecule has 0 aromatic carbocycles. The summed E-state index contributed by atoms with van der Waals surface area (Å²) in [6.07, 6.45) is 5.42. The average molecular weight is 307 g/mol. The van der Waals surface area contributed by atoms with E-state index in [2.05, 4.69) is 53.9 Å². The van der Waals surface area contributed by atoms with Crippen molar-refractivity contribution >= 4 is 16.0 Å². The zero-order chi connectivity index (χ0) is 12.9. The topological polar surface area (TPSA) is 0 Å². The van der Waals surface area contributed by atoms with E-state index in [0.29, 0.717) is 0 Å². The Morgan fingerprint density at radius 2 is 1.25 bits per heavy atom. The molecule has 0 N–H and O–H groups in total. The van der Waals surface area contributed by atoms with Crippen LogP contribution in [-0.4, -0.2) is 26.6 Å². The molecule has 0 aliphatic carbocycles. The Morgan fingerprint density at radius 3 is 1.31 bits per heavy atom. The van der Waals surface area contributed by atoms with Crippen molar-refractivity contribution in [3.05, 3.63) is 20.4 Å². The van der Waals surface area contributed by atoms with Crippen LogP contribution < -0.4 is 0 Å². The van der Waals surface area contributed by atoms with Crippen molar-refractivity contribution in [3.8, 4) is 0 Å². The van der Waals surface area contributed by atoms with Crippen LogP contribution in [0, 0.1) is 20.4 Å². The summed E-state index contributed by atoms with van der Waals surface area (Å²) in [4.78, 5) is 0. The van der Waals surface area contributed by atoms with E-state index in [1.54, 1.807) is 6.92 Å². The van der Waals surface area contributed by atoms with Gasteiger partial charge in [-0.25, -0.2) is 0 Å². The normalized spacial score (nSPS) is 9.38. The third-order valence-electron chi connectivity index (χ3n) is 1.53. The third kappa shape index (κ3) is 45.7. The van der Waals surface area contributed by atoms with Crippen LogP contribution in [0.4, 0.5) is 0 Å². The summed E-state index contributed by atoms with van der Waals surface area (Å²) in [5.41, 5.74) is 0. The SMILES string of the molecule is [CH2-]C.[CH2-]CC[PH+](CC)CC.[CH2-][Si](C)(C)C.[Co+3]. The zero-order valence-electron chi connectivity index (χ0n) is 12.3. The van der Waals surface area contributed by atoms with Gasteiger partial charge in [0, 0.05) is 6.16 Å². The Balaban J connectivity index is -0.0000000786. The summed E-state index contributed by atoms with van der Waals surface area (Å²) in [7, 11) is -0.798. The van der Waals surface area contributed by atoms with Crippen molar-refractivity contribution in [1.82, 2.24) is 0 Å². The molecule has 102 valence electrons. The molecular formula is C13H33CoPSi+. The van der Waals surface area contributed by atoms with Crippen molar-refractivity contribution in [3.63, 3.8) is 0 Å². The van der Waals surface area contributed by atoms with Crippen molar-refractivity contribution in [2.75, 3.05) is 18.5 Å². The maximum absolute atomic E-state index is 3.91. The van der Waals surface area contributed by atoms with Gasteiger partial charge in [-0.05, 0) is 21.8 Å². The van der Waals surface area contributed by atoms with Gasteiger partial charge in [0.2, 0.25) is 0 Å². The molecule has 0 nitrogen and oxygen atoms in total. The molecule has 0 aliphatic rings. The van der Waals surface area contributed by atoms with Crippen molar-refractivity contribution in [1.29, 1.82) is 0 Å². The maximum atomic E-state index is 3.91. The molecule has 0 saturated carbocycles. The Bertz CT molecular complexity index is 92.6. The molecule has 0 radical (unpaired) electrons. The Morgan fingerprint density at radius 1 is 1.00 bits per heavy atom. The molecule has 0 aromatic rings. The second-order valence-electron chi connectivity index (χ2n) is 4.62. The van der Waals surface area contributed by atoms with Gasteiger partial charge in [0.15, 0.2) is 0 Å². The summed E-state index contributed by atoms with van der Waals surface area (Å²) < 4.78 is 0. The molecule has 0 bridgehead atoms. The van der Waals surface area contributed by atoms with Crippen molar-refractivity contribution in [2.24, 2.45) is 0 Å².